The summed E-state index contributed by atoms with van der Waals surface area (Å²) in [4.78, 5) is 35.7. The lowest BCUT2D eigenvalue weighted by Crippen LogP contribution is -2.50. The molecule has 0 N–H and O–H groups in total. The van der Waals surface area contributed by atoms with Crippen molar-refractivity contribution in [3.05, 3.63) is 51.5 Å². The Kier molecular flexibility index (Phi) is 5.47. The highest BCUT2D eigenvalue weighted by molar-refractivity contribution is 7.14. The van der Waals surface area contributed by atoms with Gasteiger partial charge in [0.25, 0.3) is 11.8 Å². The summed E-state index contributed by atoms with van der Waals surface area (Å²) in [5.74, 6) is 0.729. The highest BCUT2D eigenvalue weighted by Crippen LogP contribution is 2.40. The molecule has 1 fully saturated rings. The van der Waals surface area contributed by atoms with E-state index in [4.69, 9.17) is 0 Å². The maximum Gasteiger partial charge on any atom is 0.272 e. The third kappa shape index (κ3) is 4.22. The molecule has 3 heterocycles. The summed E-state index contributed by atoms with van der Waals surface area (Å²) in [6.07, 6.45) is 5.01. The molecule has 0 unspecified atom stereocenters. The number of thiophene rings is 1. The fraction of sp³-hybridized carbons (Fsp3) is 0.522. The van der Waals surface area contributed by atoms with Crippen LogP contribution >= 0.6 is 11.3 Å². The van der Waals surface area contributed by atoms with Crippen LogP contribution in [0.4, 0.5) is 0 Å². The van der Waals surface area contributed by atoms with E-state index in [2.05, 4.69) is 31.8 Å². The van der Waals surface area contributed by atoms with Gasteiger partial charge in [-0.15, -0.1) is 11.3 Å². The Morgan fingerprint density at radius 1 is 1.07 bits per heavy atom. The molecule has 2 aromatic heterocycles. The van der Waals surface area contributed by atoms with E-state index in [1.807, 2.05) is 11.0 Å². The van der Waals surface area contributed by atoms with Crippen molar-refractivity contribution >= 4 is 23.2 Å². The molecular weight excluding hydrogens is 382 g/mol. The van der Waals surface area contributed by atoms with Gasteiger partial charge in [0, 0.05) is 37.3 Å². The maximum absolute atomic E-state index is 13.1. The fourth-order valence-corrected chi connectivity index (χ4v) is 5.46. The number of amides is 2. The summed E-state index contributed by atoms with van der Waals surface area (Å²) in [5.41, 5.74) is 2.14. The van der Waals surface area contributed by atoms with E-state index in [0.29, 0.717) is 43.2 Å². The van der Waals surface area contributed by atoms with E-state index in [0.717, 1.165) is 17.7 Å². The molecule has 1 atom stereocenters. The number of piperazine rings is 1. The highest BCUT2D eigenvalue weighted by Gasteiger charge is 2.32. The molecule has 0 radical (unpaired) electrons. The number of fused-ring (bicyclic) bond motifs is 1. The van der Waals surface area contributed by atoms with Gasteiger partial charge in [0.1, 0.15) is 5.69 Å². The van der Waals surface area contributed by atoms with Crippen LogP contribution in [0, 0.1) is 11.3 Å². The Morgan fingerprint density at radius 3 is 2.38 bits per heavy atom. The molecular formula is C23H29N3O2S. The van der Waals surface area contributed by atoms with Gasteiger partial charge >= 0.3 is 0 Å². The number of rotatable bonds is 2. The van der Waals surface area contributed by atoms with Crippen LogP contribution < -0.4 is 0 Å². The van der Waals surface area contributed by atoms with Gasteiger partial charge in [-0.1, -0.05) is 26.8 Å². The molecule has 5 nitrogen and oxygen atoms in total. The monoisotopic (exact) mass is 411 g/mol. The standard InChI is InChI=1S/C23H29N3O2S/c1-23(2,3)17-7-8-19-16(14-17)15-20(29-19)22(28)26-12-10-25(11-13-26)21(27)18-6-4-5-9-24-18/h4-6,9,15,17H,7-8,10-14H2,1-3H3/t17-/m0/s1. The van der Waals surface area contributed by atoms with Gasteiger partial charge < -0.3 is 9.80 Å². The van der Waals surface area contributed by atoms with Crippen LogP contribution in [0.2, 0.25) is 0 Å². The summed E-state index contributed by atoms with van der Waals surface area (Å²) in [7, 11) is 0. The van der Waals surface area contributed by atoms with Crippen LogP contribution in [0.3, 0.4) is 0 Å². The number of aromatic nitrogens is 1. The average molecular weight is 412 g/mol. The smallest absolute Gasteiger partial charge is 0.272 e. The number of hydrogen-bond donors (Lipinski definition) is 0. The van der Waals surface area contributed by atoms with Gasteiger partial charge in [0.05, 0.1) is 4.88 Å². The first kappa shape index (κ1) is 20.1. The zero-order chi connectivity index (χ0) is 20.6. The maximum atomic E-state index is 13.1. The van der Waals surface area contributed by atoms with Crippen LogP contribution in [-0.4, -0.2) is 52.8 Å². The predicted octanol–water partition coefficient (Wildman–Crippen LogP) is 3.89. The first-order chi connectivity index (χ1) is 13.8. The lowest BCUT2D eigenvalue weighted by Gasteiger charge is -2.34. The lowest BCUT2D eigenvalue weighted by atomic mass is 9.72. The molecule has 1 aliphatic heterocycles. The lowest BCUT2D eigenvalue weighted by molar-refractivity contribution is 0.0535. The summed E-state index contributed by atoms with van der Waals surface area (Å²) < 4.78 is 0. The van der Waals surface area contributed by atoms with E-state index < -0.39 is 0 Å². The largest absolute Gasteiger partial charge is 0.334 e. The van der Waals surface area contributed by atoms with E-state index in [1.165, 1.54) is 16.9 Å². The van der Waals surface area contributed by atoms with Crippen LogP contribution in [0.25, 0.3) is 0 Å². The van der Waals surface area contributed by atoms with Gasteiger partial charge in [0.2, 0.25) is 0 Å². The second-order valence-electron chi connectivity index (χ2n) is 9.16. The van der Waals surface area contributed by atoms with Gasteiger partial charge in [-0.25, -0.2) is 0 Å². The number of nitrogens with zero attached hydrogens (tertiary/aromatic N) is 3. The zero-order valence-corrected chi connectivity index (χ0v) is 18.3. The third-order valence-corrected chi connectivity index (χ3v) is 7.48. The summed E-state index contributed by atoms with van der Waals surface area (Å²) in [5, 5.41) is 0. The minimum atomic E-state index is -0.0579. The molecule has 1 aliphatic carbocycles. The molecule has 2 aromatic rings. The Bertz CT molecular complexity index is 893. The van der Waals surface area contributed by atoms with Crippen molar-refractivity contribution in [1.82, 2.24) is 14.8 Å². The van der Waals surface area contributed by atoms with Crippen LogP contribution in [0.15, 0.2) is 30.5 Å². The van der Waals surface area contributed by atoms with Gasteiger partial charge in [-0.2, -0.15) is 0 Å². The van der Waals surface area contributed by atoms with Crippen molar-refractivity contribution in [3.8, 4) is 0 Å². The van der Waals surface area contributed by atoms with Crippen molar-refractivity contribution in [2.45, 2.75) is 40.0 Å². The topological polar surface area (TPSA) is 53.5 Å². The molecule has 0 saturated carbocycles. The van der Waals surface area contributed by atoms with Crippen LogP contribution in [-0.2, 0) is 12.8 Å². The molecule has 0 spiro atoms. The molecule has 2 amide bonds. The number of aryl methyl sites for hydroxylation is 1. The van der Waals surface area contributed by atoms with Crippen molar-refractivity contribution in [2.24, 2.45) is 11.3 Å². The number of pyridine rings is 1. The molecule has 154 valence electrons. The predicted molar refractivity (Wildman–Crippen MR) is 115 cm³/mol. The van der Waals surface area contributed by atoms with E-state index in [-0.39, 0.29) is 11.8 Å². The van der Waals surface area contributed by atoms with Gasteiger partial charge in [0.15, 0.2) is 0 Å². The first-order valence-electron chi connectivity index (χ1n) is 10.4. The minimum Gasteiger partial charge on any atom is -0.334 e. The summed E-state index contributed by atoms with van der Waals surface area (Å²) in [6.45, 7) is 9.19. The first-order valence-corrected chi connectivity index (χ1v) is 11.3. The minimum absolute atomic E-state index is 0.0579. The van der Waals surface area contributed by atoms with E-state index >= 15 is 0 Å². The molecule has 6 heteroatoms. The number of carbonyl (C=O) groups excluding carboxylic acids is 2. The molecule has 4 rings (SSSR count). The van der Waals surface area contributed by atoms with Gasteiger partial charge in [-0.3, -0.25) is 14.6 Å². The van der Waals surface area contributed by atoms with Crippen molar-refractivity contribution in [1.29, 1.82) is 0 Å². The Balaban J connectivity index is 1.38. The average Bonchev–Trinajstić information content (AvgIpc) is 3.16. The van der Waals surface area contributed by atoms with E-state index in [9.17, 15) is 9.59 Å². The second-order valence-corrected chi connectivity index (χ2v) is 10.3. The molecule has 1 saturated heterocycles. The molecule has 29 heavy (non-hydrogen) atoms. The number of hydrogen-bond acceptors (Lipinski definition) is 4. The second kappa shape index (κ2) is 7.90. The Hall–Kier alpha value is -2.21. The van der Waals surface area contributed by atoms with E-state index in [1.54, 1.807) is 34.6 Å². The summed E-state index contributed by atoms with van der Waals surface area (Å²) in [6, 6.07) is 7.49. The van der Waals surface area contributed by atoms with Crippen LogP contribution in [0.5, 0.6) is 0 Å². The van der Waals surface area contributed by atoms with Crippen LogP contribution in [0.1, 0.15) is 57.8 Å². The highest BCUT2D eigenvalue weighted by atomic mass is 32.1. The number of carbonyl (C=O) groups is 2. The van der Waals surface area contributed by atoms with Crippen molar-refractivity contribution in [2.75, 3.05) is 26.2 Å². The molecule has 0 bridgehead atoms. The van der Waals surface area contributed by atoms with Crippen molar-refractivity contribution in [3.63, 3.8) is 0 Å². The summed E-state index contributed by atoms with van der Waals surface area (Å²) >= 11 is 1.67. The SMILES string of the molecule is CC(C)(C)[C@H]1CCc2sc(C(=O)N3CCN(C(=O)c4ccccn4)CC3)cc2C1. The third-order valence-electron chi connectivity index (χ3n) is 6.26. The molecule has 2 aliphatic rings. The normalized spacial score (nSPS) is 19.8. The Morgan fingerprint density at radius 2 is 1.76 bits per heavy atom. The van der Waals surface area contributed by atoms with Crippen molar-refractivity contribution < 1.29 is 9.59 Å². The Labute approximate surface area is 176 Å². The quantitative estimate of drug-likeness (QED) is 0.753. The van der Waals surface area contributed by atoms with Gasteiger partial charge in [-0.05, 0) is 54.4 Å². The molecule has 0 aromatic carbocycles. The fourth-order valence-electron chi connectivity index (χ4n) is 4.29. The zero-order valence-electron chi connectivity index (χ0n) is 17.5.